The van der Waals surface area contributed by atoms with Crippen LogP contribution in [0.15, 0.2) is 0 Å². The van der Waals surface area contributed by atoms with Crippen LogP contribution in [0.4, 0.5) is 0 Å². The average Bonchev–Trinajstić information content (AvgIpc) is 2.26. The van der Waals surface area contributed by atoms with E-state index < -0.39 is 10.7 Å². The SMILES string of the molecule is N#[C][Fe]([C]#N)([C]#N)([C]#N)([C]#N)[C]#N.[Cu].[NaH]. The summed E-state index contributed by atoms with van der Waals surface area (Å²) in [6.07, 6.45) is 0. The van der Waals surface area contributed by atoms with Crippen molar-refractivity contribution in [2.24, 2.45) is 0 Å². The molecule has 0 fully saturated rings. The molecular formula is C6HCuFeN6Na. The molecule has 0 aliphatic rings. The second-order valence-corrected chi connectivity index (χ2v) is 7.42. The van der Waals surface area contributed by atoms with Gasteiger partial charge in [0.1, 0.15) is 0 Å². The first-order chi connectivity index (χ1) is 5.97. The van der Waals surface area contributed by atoms with Gasteiger partial charge < -0.3 is 0 Å². The van der Waals surface area contributed by atoms with Crippen molar-refractivity contribution < 1.29 is 27.8 Å². The van der Waals surface area contributed by atoms with Gasteiger partial charge in [-0.3, -0.25) is 0 Å². The predicted octanol–water partition coefficient (Wildman–Crippen LogP) is -0.553. The molecule has 0 unspecified atom stereocenters. The molecule has 0 rings (SSSR count). The Hall–Kier alpha value is -1.02. The van der Waals surface area contributed by atoms with Crippen molar-refractivity contribution in [3.05, 3.63) is 0 Å². The molecule has 0 N–H and O–H groups in total. The van der Waals surface area contributed by atoms with Crippen LogP contribution in [0.5, 0.6) is 0 Å². The van der Waals surface area contributed by atoms with E-state index in [-0.39, 0.29) is 46.6 Å². The van der Waals surface area contributed by atoms with E-state index in [1.807, 2.05) is 0 Å². The van der Waals surface area contributed by atoms with Crippen LogP contribution in [0.3, 0.4) is 0 Å². The Kier molecular flexibility index (Phi) is 6.08. The zero-order valence-corrected chi connectivity index (χ0v) is 8.38. The van der Waals surface area contributed by atoms with Crippen LogP contribution in [0, 0.1) is 61.4 Å². The number of nitrogens with zero attached hydrogens (tertiary/aromatic N) is 6. The second kappa shape index (κ2) is 4.67. The van der Waals surface area contributed by atoms with Crippen molar-refractivity contribution in [2.45, 2.75) is 0 Å². The minimum absolute atomic E-state index is 0. The number of hydrogen-bond acceptors (Lipinski definition) is 6. The summed E-state index contributed by atoms with van der Waals surface area (Å²) in [5.41, 5.74) is 0. The first-order valence-electron chi connectivity index (χ1n) is 2.40. The van der Waals surface area contributed by atoms with E-state index in [4.69, 9.17) is 31.6 Å². The second-order valence-electron chi connectivity index (χ2n) is 1.80. The normalized spacial score (nSPS) is 11.6. The van der Waals surface area contributed by atoms with E-state index in [0.29, 0.717) is 0 Å². The van der Waals surface area contributed by atoms with Crippen molar-refractivity contribution in [2.75, 3.05) is 0 Å². The van der Waals surface area contributed by atoms with E-state index in [2.05, 4.69) is 0 Å². The first kappa shape index (κ1) is 19.5. The summed E-state index contributed by atoms with van der Waals surface area (Å²) in [5, 5.41) is 51.5. The summed E-state index contributed by atoms with van der Waals surface area (Å²) >= 11 is 0. The van der Waals surface area contributed by atoms with Crippen LogP contribution < -0.4 is 0 Å². The maximum atomic E-state index is 8.58. The molecule has 0 aromatic rings. The zero-order chi connectivity index (χ0) is 10.7. The van der Waals surface area contributed by atoms with Gasteiger partial charge in [0, 0.05) is 17.1 Å². The van der Waals surface area contributed by atoms with Gasteiger partial charge in [-0.05, 0) is 0 Å². The van der Waals surface area contributed by atoms with Gasteiger partial charge in [-0.15, -0.1) is 0 Å². The molecule has 0 aliphatic heterocycles. The third kappa shape index (κ3) is 1.86. The van der Waals surface area contributed by atoms with Gasteiger partial charge in [0.15, 0.2) is 0 Å². The van der Waals surface area contributed by atoms with Crippen molar-refractivity contribution >= 4 is 29.6 Å². The summed E-state index contributed by atoms with van der Waals surface area (Å²) in [6, 6.07) is 0. The molecule has 0 spiro atoms. The van der Waals surface area contributed by atoms with Gasteiger partial charge >= 0.3 is 102 Å². The van der Waals surface area contributed by atoms with Gasteiger partial charge in [-0.25, -0.2) is 0 Å². The molecule has 0 saturated carbocycles. The van der Waals surface area contributed by atoms with Crippen molar-refractivity contribution in [3.8, 4) is 29.8 Å². The Labute approximate surface area is 118 Å². The van der Waals surface area contributed by atoms with Gasteiger partial charge in [-0.2, -0.15) is 0 Å². The van der Waals surface area contributed by atoms with Crippen molar-refractivity contribution in [3.63, 3.8) is 0 Å². The first-order valence-corrected chi connectivity index (χ1v) is 5.71. The topological polar surface area (TPSA) is 143 Å². The third-order valence-corrected chi connectivity index (χ3v) is 4.89. The Bertz CT molecular complexity index is 397. The molecule has 0 aliphatic carbocycles. The fourth-order valence-corrected chi connectivity index (χ4v) is 1.09. The van der Waals surface area contributed by atoms with Crippen molar-refractivity contribution in [1.29, 1.82) is 31.6 Å². The summed E-state index contributed by atoms with van der Waals surface area (Å²) in [7, 11) is -6.17. The van der Waals surface area contributed by atoms with Crippen LogP contribution in [-0.2, 0) is 27.8 Å². The molecule has 6 nitrogen and oxygen atoms in total. The Morgan fingerprint density at radius 1 is 0.533 bits per heavy atom. The fourth-order valence-electron chi connectivity index (χ4n) is 0.265. The van der Waals surface area contributed by atoms with E-state index in [0.717, 1.165) is 29.8 Å². The molecule has 0 saturated heterocycles. The monoisotopic (exact) mass is 299 g/mol. The summed E-state index contributed by atoms with van der Waals surface area (Å²) < 4.78 is 0. The summed E-state index contributed by atoms with van der Waals surface area (Å²) in [4.78, 5) is 6.19. The molecule has 75 valence electrons. The van der Waals surface area contributed by atoms with E-state index >= 15 is 0 Å². The Morgan fingerprint density at radius 3 is 0.667 bits per heavy atom. The number of nitriles is 6. The number of rotatable bonds is 0. The van der Waals surface area contributed by atoms with Crippen LogP contribution in [-0.4, -0.2) is 29.6 Å². The molecule has 0 heterocycles. The molecular weight excluding hydrogens is 298 g/mol. The fraction of sp³-hybridized carbons (Fsp3) is 0. The van der Waals surface area contributed by atoms with E-state index in [1.54, 1.807) is 0 Å². The molecule has 0 aromatic heterocycles. The maximum absolute atomic E-state index is 8.58. The number of hydrogen-bond donors (Lipinski definition) is 0. The average molecular weight is 299 g/mol. The molecule has 15 heavy (non-hydrogen) atoms. The van der Waals surface area contributed by atoms with Gasteiger partial charge in [0.25, 0.3) is 0 Å². The molecule has 9 heteroatoms. The quantitative estimate of drug-likeness (QED) is 0.549. The predicted molar refractivity (Wildman–Crippen MR) is 40.8 cm³/mol. The molecule has 0 amide bonds. The summed E-state index contributed by atoms with van der Waals surface area (Å²) in [6.45, 7) is 0. The van der Waals surface area contributed by atoms with Gasteiger partial charge in [0.2, 0.25) is 0 Å². The Balaban J connectivity index is -0.000000720. The zero-order valence-electron chi connectivity index (χ0n) is 6.34. The van der Waals surface area contributed by atoms with E-state index in [1.165, 1.54) is 0 Å². The minimum atomic E-state index is -6.17. The molecule has 0 bridgehead atoms. The van der Waals surface area contributed by atoms with Gasteiger partial charge in [0.05, 0.1) is 0 Å². The molecule has 0 atom stereocenters. The Morgan fingerprint density at radius 2 is 0.667 bits per heavy atom. The standard InChI is InChI=1S/6CN.Cu.Fe.Na.H/c6*1-2;;;;. The van der Waals surface area contributed by atoms with Crippen LogP contribution in [0.25, 0.3) is 0 Å². The summed E-state index contributed by atoms with van der Waals surface area (Å²) in [5.74, 6) is 0. The third-order valence-electron chi connectivity index (χ3n) is 1.19. The van der Waals surface area contributed by atoms with E-state index in [9.17, 15) is 0 Å². The van der Waals surface area contributed by atoms with Crippen LogP contribution in [0.1, 0.15) is 0 Å². The molecule has 1 radical (unpaired) electrons. The van der Waals surface area contributed by atoms with Crippen LogP contribution in [0.2, 0.25) is 0 Å². The van der Waals surface area contributed by atoms with Crippen LogP contribution >= 0.6 is 0 Å². The molecule has 0 aromatic carbocycles. The van der Waals surface area contributed by atoms with Gasteiger partial charge in [-0.1, -0.05) is 0 Å². The van der Waals surface area contributed by atoms with Crippen molar-refractivity contribution in [1.82, 2.24) is 0 Å².